The molecule has 20 heavy (non-hydrogen) atoms. The molecule has 0 radical (unpaired) electrons. The maximum Gasteiger partial charge on any atom is 0.416 e. The van der Waals surface area contributed by atoms with Gasteiger partial charge in [-0.1, -0.05) is 17.7 Å². The summed E-state index contributed by atoms with van der Waals surface area (Å²) in [7, 11) is 0. The number of para-hydroxylation sites is 1. The van der Waals surface area contributed by atoms with E-state index in [-0.39, 0.29) is 22.1 Å². The first kappa shape index (κ1) is 14.5. The van der Waals surface area contributed by atoms with Gasteiger partial charge in [-0.15, -0.1) is 0 Å². The van der Waals surface area contributed by atoms with Gasteiger partial charge in [0.25, 0.3) is 0 Å². The number of nitrogen functional groups attached to an aromatic ring is 1. The summed E-state index contributed by atoms with van der Waals surface area (Å²) in [6.07, 6.45) is -4.56. The average Bonchev–Trinajstić information content (AvgIpc) is 2.34. The van der Waals surface area contributed by atoms with Crippen molar-refractivity contribution in [3.8, 4) is 0 Å². The summed E-state index contributed by atoms with van der Waals surface area (Å²) < 4.78 is 51.4. The third-order valence-corrected chi connectivity index (χ3v) is 2.91. The van der Waals surface area contributed by atoms with Crippen LogP contribution >= 0.6 is 11.6 Å². The van der Waals surface area contributed by atoms with E-state index in [1.807, 2.05) is 0 Å². The standard InChI is InChI=1S/C13H9ClF4N2/c14-8-2-1-3-10(19)12(8)20-11-6-7(13(16,17)18)4-5-9(11)15/h1-6,20H,19H2. The summed E-state index contributed by atoms with van der Waals surface area (Å²) in [5.41, 5.74) is 4.70. The zero-order valence-corrected chi connectivity index (χ0v) is 10.7. The van der Waals surface area contributed by atoms with E-state index >= 15 is 0 Å². The van der Waals surface area contributed by atoms with E-state index in [9.17, 15) is 17.6 Å². The molecule has 0 unspecified atom stereocenters. The molecule has 0 aliphatic heterocycles. The van der Waals surface area contributed by atoms with Crippen molar-refractivity contribution in [1.29, 1.82) is 0 Å². The van der Waals surface area contributed by atoms with Crippen molar-refractivity contribution in [2.75, 3.05) is 11.1 Å². The van der Waals surface area contributed by atoms with E-state index in [0.717, 1.165) is 6.07 Å². The molecular formula is C13H9ClF4N2. The number of halogens is 5. The van der Waals surface area contributed by atoms with Crippen LogP contribution in [0.25, 0.3) is 0 Å². The van der Waals surface area contributed by atoms with Gasteiger partial charge in [-0.2, -0.15) is 13.2 Å². The Morgan fingerprint density at radius 1 is 1.10 bits per heavy atom. The van der Waals surface area contributed by atoms with Gasteiger partial charge in [0.05, 0.1) is 27.6 Å². The summed E-state index contributed by atoms with van der Waals surface area (Å²) in [6.45, 7) is 0. The highest BCUT2D eigenvalue weighted by Gasteiger charge is 2.31. The molecule has 106 valence electrons. The third-order valence-electron chi connectivity index (χ3n) is 2.60. The Hall–Kier alpha value is -1.95. The Morgan fingerprint density at radius 3 is 2.40 bits per heavy atom. The van der Waals surface area contributed by atoms with Crippen molar-refractivity contribution in [1.82, 2.24) is 0 Å². The minimum absolute atomic E-state index is 0.160. The highest BCUT2D eigenvalue weighted by molar-refractivity contribution is 6.34. The fourth-order valence-corrected chi connectivity index (χ4v) is 1.83. The molecule has 0 atom stereocenters. The van der Waals surface area contributed by atoms with Crippen LogP contribution in [-0.2, 0) is 6.18 Å². The molecule has 3 N–H and O–H groups in total. The maximum absolute atomic E-state index is 13.6. The number of anilines is 3. The van der Waals surface area contributed by atoms with Gasteiger partial charge in [-0.25, -0.2) is 4.39 Å². The van der Waals surface area contributed by atoms with Crippen molar-refractivity contribution in [2.24, 2.45) is 0 Å². The molecular weight excluding hydrogens is 296 g/mol. The normalized spacial score (nSPS) is 11.4. The van der Waals surface area contributed by atoms with Crippen molar-refractivity contribution in [2.45, 2.75) is 6.18 Å². The molecule has 7 heteroatoms. The second kappa shape index (κ2) is 5.20. The fraction of sp³-hybridized carbons (Fsp3) is 0.0769. The highest BCUT2D eigenvalue weighted by Crippen LogP contribution is 2.35. The van der Waals surface area contributed by atoms with Crippen LogP contribution in [0.1, 0.15) is 5.56 Å². The van der Waals surface area contributed by atoms with E-state index in [2.05, 4.69) is 5.32 Å². The Balaban J connectivity index is 2.43. The Kier molecular flexibility index (Phi) is 3.76. The van der Waals surface area contributed by atoms with Crippen LogP contribution in [-0.4, -0.2) is 0 Å². The van der Waals surface area contributed by atoms with Crippen LogP contribution in [0.15, 0.2) is 36.4 Å². The van der Waals surface area contributed by atoms with Gasteiger partial charge in [0.2, 0.25) is 0 Å². The Bertz CT molecular complexity index is 621. The van der Waals surface area contributed by atoms with Crippen molar-refractivity contribution < 1.29 is 17.6 Å². The summed E-state index contributed by atoms with van der Waals surface area (Å²) in [5, 5.41) is 2.67. The molecule has 2 rings (SSSR count). The number of rotatable bonds is 2. The van der Waals surface area contributed by atoms with Crippen molar-refractivity contribution >= 4 is 28.7 Å². The van der Waals surface area contributed by atoms with E-state index in [1.165, 1.54) is 12.1 Å². The lowest BCUT2D eigenvalue weighted by atomic mass is 10.1. The number of nitrogens with two attached hydrogens (primary N) is 1. The monoisotopic (exact) mass is 304 g/mol. The molecule has 2 aromatic carbocycles. The van der Waals surface area contributed by atoms with Gasteiger partial charge in [0.15, 0.2) is 0 Å². The summed E-state index contributed by atoms with van der Waals surface area (Å²) in [5.74, 6) is -0.836. The minimum atomic E-state index is -4.56. The number of alkyl halides is 3. The summed E-state index contributed by atoms with van der Waals surface area (Å²) in [4.78, 5) is 0. The van der Waals surface area contributed by atoms with Crippen LogP contribution in [0.4, 0.5) is 34.6 Å². The topological polar surface area (TPSA) is 38.0 Å². The van der Waals surface area contributed by atoms with Crippen molar-refractivity contribution in [3.63, 3.8) is 0 Å². The second-order valence-corrected chi connectivity index (χ2v) is 4.43. The average molecular weight is 305 g/mol. The van der Waals surface area contributed by atoms with Crippen LogP contribution in [0.3, 0.4) is 0 Å². The summed E-state index contributed by atoms with van der Waals surface area (Å²) in [6, 6.07) is 6.63. The molecule has 0 heterocycles. The van der Waals surface area contributed by atoms with Gasteiger partial charge >= 0.3 is 6.18 Å². The summed E-state index contributed by atoms with van der Waals surface area (Å²) >= 11 is 5.87. The van der Waals surface area contributed by atoms with Gasteiger partial charge in [0.1, 0.15) is 5.82 Å². The largest absolute Gasteiger partial charge is 0.416 e. The SMILES string of the molecule is Nc1cccc(Cl)c1Nc1cc(C(F)(F)F)ccc1F. The third kappa shape index (κ3) is 2.96. The molecule has 0 aliphatic rings. The number of benzene rings is 2. The maximum atomic E-state index is 13.6. The van der Waals surface area contributed by atoms with E-state index in [4.69, 9.17) is 17.3 Å². The molecule has 0 spiro atoms. The smallest absolute Gasteiger partial charge is 0.397 e. The molecule has 2 nitrogen and oxygen atoms in total. The van der Waals surface area contributed by atoms with Crippen molar-refractivity contribution in [3.05, 3.63) is 52.8 Å². The fourth-order valence-electron chi connectivity index (χ4n) is 1.60. The Labute approximate surface area is 117 Å². The first-order chi connectivity index (χ1) is 9.29. The zero-order chi connectivity index (χ0) is 14.9. The van der Waals surface area contributed by atoms with Gasteiger partial charge in [-0.05, 0) is 30.3 Å². The lowest BCUT2D eigenvalue weighted by Crippen LogP contribution is -2.07. The van der Waals surface area contributed by atoms with Gasteiger partial charge in [-0.3, -0.25) is 0 Å². The molecule has 2 aromatic rings. The number of hydrogen-bond donors (Lipinski definition) is 2. The zero-order valence-electron chi connectivity index (χ0n) is 9.93. The highest BCUT2D eigenvalue weighted by atomic mass is 35.5. The molecule has 0 aliphatic carbocycles. The quantitative estimate of drug-likeness (QED) is 0.616. The number of nitrogens with one attached hydrogen (secondary N) is 1. The lowest BCUT2D eigenvalue weighted by Gasteiger charge is -2.14. The van der Waals surface area contributed by atoms with Gasteiger partial charge in [0, 0.05) is 0 Å². The van der Waals surface area contributed by atoms with E-state index in [0.29, 0.717) is 12.1 Å². The van der Waals surface area contributed by atoms with E-state index < -0.39 is 17.6 Å². The van der Waals surface area contributed by atoms with Crippen LogP contribution in [0.5, 0.6) is 0 Å². The predicted molar refractivity (Wildman–Crippen MR) is 70.5 cm³/mol. The molecule has 0 bridgehead atoms. The molecule has 0 aromatic heterocycles. The lowest BCUT2D eigenvalue weighted by molar-refractivity contribution is -0.137. The van der Waals surface area contributed by atoms with Crippen LogP contribution < -0.4 is 11.1 Å². The molecule has 0 fully saturated rings. The van der Waals surface area contributed by atoms with Gasteiger partial charge < -0.3 is 11.1 Å². The molecule has 0 saturated carbocycles. The van der Waals surface area contributed by atoms with Crippen LogP contribution in [0, 0.1) is 5.82 Å². The first-order valence-electron chi connectivity index (χ1n) is 5.47. The predicted octanol–water partition coefficient (Wildman–Crippen LogP) is 4.82. The minimum Gasteiger partial charge on any atom is -0.397 e. The number of hydrogen-bond acceptors (Lipinski definition) is 2. The molecule has 0 amide bonds. The van der Waals surface area contributed by atoms with E-state index in [1.54, 1.807) is 6.07 Å². The Morgan fingerprint density at radius 2 is 1.80 bits per heavy atom. The van der Waals surface area contributed by atoms with Crippen LogP contribution in [0.2, 0.25) is 5.02 Å². The second-order valence-electron chi connectivity index (χ2n) is 4.02. The first-order valence-corrected chi connectivity index (χ1v) is 5.84. The molecule has 0 saturated heterocycles.